The lowest BCUT2D eigenvalue weighted by Crippen LogP contribution is -2.43. The molecule has 0 amide bonds. The molecular formula is C15H22FNOS. The van der Waals surface area contributed by atoms with Crippen LogP contribution in [0.5, 0.6) is 0 Å². The fourth-order valence-corrected chi connectivity index (χ4v) is 3.69. The van der Waals surface area contributed by atoms with Crippen molar-refractivity contribution in [3.63, 3.8) is 0 Å². The van der Waals surface area contributed by atoms with E-state index >= 15 is 0 Å². The molecule has 1 atom stereocenters. The molecule has 19 heavy (non-hydrogen) atoms. The maximum absolute atomic E-state index is 13.6. The molecule has 106 valence electrons. The Balaban J connectivity index is 1.87. The zero-order valence-electron chi connectivity index (χ0n) is 11.6. The normalized spacial score (nSPS) is 21.3. The van der Waals surface area contributed by atoms with E-state index < -0.39 is 6.10 Å². The van der Waals surface area contributed by atoms with Gasteiger partial charge < -0.3 is 10.0 Å². The highest BCUT2D eigenvalue weighted by Crippen LogP contribution is 2.30. The van der Waals surface area contributed by atoms with Gasteiger partial charge in [-0.05, 0) is 26.3 Å². The second-order valence-corrected chi connectivity index (χ2v) is 7.51. The van der Waals surface area contributed by atoms with E-state index in [9.17, 15) is 9.50 Å². The summed E-state index contributed by atoms with van der Waals surface area (Å²) in [5.41, 5.74) is 0.410. The molecule has 1 fully saturated rings. The summed E-state index contributed by atoms with van der Waals surface area (Å²) < 4.78 is 13.8. The average molecular weight is 283 g/mol. The van der Waals surface area contributed by atoms with Crippen molar-refractivity contribution in [2.75, 3.05) is 25.4 Å². The Morgan fingerprint density at radius 1 is 1.42 bits per heavy atom. The summed E-state index contributed by atoms with van der Waals surface area (Å²) in [4.78, 5) is 2.36. The van der Waals surface area contributed by atoms with Gasteiger partial charge in [0.1, 0.15) is 5.82 Å². The van der Waals surface area contributed by atoms with Gasteiger partial charge in [0.15, 0.2) is 0 Å². The molecule has 0 radical (unpaired) electrons. The van der Waals surface area contributed by atoms with Crippen LogP contribution in [-0.4, -0.2) is 40.1 Å². The third-order valence-corrected chi connectivity index (χ3v) is 4.78. The summed E-state index contributed by atoms with van der Waals surface area (Å²) in [6.45, 7) is 7.40. The van der Waals surface area contributed by atoms with Crippen LogP contribution in [0.4, 0.5) is 4.39 Å². The van der Waals surface area contributed by atoms with Gasteiger partial charge >= 0.3 is 0 Å². The van der Waals surface area contributed by atoms with Crippen molar-refractivity contribution in [3.8, 4) is 0 Å². The highest BCUT2D eigenvalue weighted by molar-refractivity contribution is 8.00. The van der Waals surface area contributed by atoms with Gasteiger partial charge in [-0.2, -0.15) is 11.8 Å². The zero-order chi connectivity index (χ0) is 13.9. The number of hydrogen-bond donors (Lipinski definition) is 1. The smallest absolute Gasteiger partial charge is 0.128 e. The van der Waals surface area contributed by atoms with Gasteiger partial charge in [-0.1, -0.05) is 18.2 Å². The Bertz CT molecular complexity index is 424. The van der Waals surface area contributed by atoms with Crippen molar-refractivity contribution in [1.82, 2.24) is 4.90 Å². The largest absolute Gasteiger partial charge is 0.388 e. The first-order chi connectivity index (χ1) is 8.98. The molecule has 0 aliphatic carbocycles. The van der Waals surface area contributed by atoms with Gasteiger partial charge in [0.05, 0.1) is 6.10 Å². The van der Waals surface area contributed by atoms with Gasteiger partial charge in [0.2, 0.25) is 0 Å². The number of benzene rings is 1. The Kier molecular flexibility index (Phi) is 4.87. The van der Waals surface area contributed by atoms with Crippen LogP contribution in [-0.2, 0) is 0 Å². The van der Waals surface area contributed by atoms with Gasteiger partial charge in [-0.25, -0.2) is 4.39 Å². The molecule has 1 saturated heterocycles. The van der Waals surface area contributed by atoms with E-state index in [0.717, 1.165) is 25.4 Å². The minimum absolute atomic E-state index is 0.279. The molecule has 4 heteroatoms. The third kappa shape index (κ3) is 4.20. The second-order valence-electron chi connectivity index (χ2n) is 5.71. The lowest BCUT2D eigenvalue weighted by atomic mass is 10.1. The van der Waals surface area contributed by atoms with Crippen molar-refractivity contribution < 1.29 is 9.50 Å². The van der Waals surface area contributed by atoms with Crippen molar-refractivity contribution in [2.45, 2.75) is 31.1 Å². The summed E-state index contributed by atoms with van der Waals surface area (Å²) in [5, 5.41) is 10.1. The summed E-state index contributed by atoms with van der Waals surface area (Å²) in [6.07, 6.45) is -0.124. The summed E-state index contributed by atoms with van der Waals surface area (Å²) in [5.74, 6) is 0.813. The first-order valence-electron chi connectivity index (χ1n) is 6.77. The molecule has 1 aliphatic rings. The first kappa shape index (κ1) is 14.8. The van der Waals surface area contributed by atoms with E-state index in [0.29, 0.717) is 12.0 Å². The predicted molar refractivity (Wildman–Crippen MR) is 79.0 cm³/mol. The summed E-state index contributed by atoms with van der Waals surface area (Å²) in [7, 11) is 0. The van der Waals surface area contributed by atoms with E-state index in [4.69, 9.17) is 0 Å². The van der Waals surface area contributed by atoms with Crippen LogP contribution in [0.25, 0.3) is 0 Å². The number of aliphatic hydroxyl groups excluding tert-OH is 1. The zero-order valence-corrected chi connectivity index (χ0v) is 12.4. The molecule has 0 aromatic heterocycles. The van der Waals surface area contributed by atoms with Crippen molar-refractivity contribution in [2.24, 2.45) is 0 Å². The number of nitrogens with zero attached hydrogens (tertiary/aromatic N) is 1. The Morgan fingerprint density at radius 3 is 2.84 bits per heavy atom. The third-order valence-electron chi connectivity index (χ3n) is 3.49. The van der Waals surface area contributed by atoms with E-state index in [1.807, 2.05) is 11.8 Å². The molecule has 1 aliphatic heterocycles. The standard InChI is InChI=1S/C15H22FNOS/c1-15(2)11-17(9-10-19-15)8-7-14(18)12-5-3-4-6-13(12)16/h3-6,14,18H,7-11H2,1-2H3. The number of hydrogen-bond acceptors (Lipinski definition) is 3. The topological polar surface area (TPSA) is 23.5 Å². The second kappa shape index (κ2) is 6.25. The van der Waals surface area contributed by atoms with Crippen LogP contribution < -0.4 is 0 Å². The molecule has 1 N–H and O–H groups in total. The van der Waals surface area contributed by atoms with Gasteiger partial charge in [-0.3, -0.25) is 0 Å². The van der Waals surface area contributed by atoms with Crippen LogP contribution in [0.2, 0.25) is 0 Å². The number of thioether (sulfide) groups is 1. The monoisotopic (exact) mass is 283 g/mol. The number of aliphatic hydroxyl groups is 1. The van der Waals surface area contributed by atoms with Crippen LogP contribution in [0, 0.1) is 5.82 Å². The molecule has 1 aromatic rings. The van der Waals surface area contributed by atoms with Crippen LogP contribution in [0.3, 0.4) is 0 Å². The Labute approximate surface area is 119 Å². The minimum Gasteiger partial charge on any atom is -0.388 e. The van der Waals surface area contributed by atoms with E-state index in [2.05, 4.69) is 18.7 Å². The van der Waals surface area contributed by atoms with Gasteiger partial charge in [0, 0.05) is 35.7 Å². The lowest BCUT2D eigenvalue weighted by Gasteiger charge is -2.37. The predicted octanol–water partition coefficient (Wildman–Crippen LogP) is 3.08. The van der Waals surface area contributed by atoms with Crippen LogP contribution >= 0.6 is 11.8 Å². The molecule has 1 unspecified atom stereocenters. The van der Waals surface area contributed by atoms with Crippen molar-refractivity contribution in [1.29, 1.82) is 0 Å². The SMILES string of the molecule is CC1(C)CN(CCC(O)c2ccccc2F)CCS1. The van der Waals surface area contributed by atoms with E-state index in [-0.39, 0.29) is 10.6 Å². The highest BCUT2D eigenvalue weighted by Gasteiger charge is 2.27. The molecule has 0 bridgehead atoms. The van der Waals surface area contributed by atoms with E-state index in [1.165, 1.54) is 6.07 Å². The first-order valence-corrected chi connectivity index (χ1v) is 7.75. The van der Waals surface area contributed by atoms with E-state index in [1.54, 1.807) is 18.2 Å². The molecule has 0 spiro atoms. The lowest BCUT2D eigenvalue weighted by molar-refractivity contribution is 0.136. The van der Waals surface area contributed by atoms with Crippen molar-refractivity contribution in [3.05, 3.63) is 35.6 Å². The quantitative estimate of drug-likeness (QED) is 0.918. The molecule has 1 aromatic carbocycles. The summed E-state index contributed by atoms with van der Waals surface area (Å²) in [6, 6.07) is 6.48. The van der Waals surface area contributed by atoms with Crippen LogP contribution in [0.15, 0.2) is 24.3 Å². The Morgan fingerprint density at radius 2 is 2.16 bits per heavy atom. The highest BCUT2D eigenvalue weighted by atomic mass is 32.2. The fourth-order valence-electron chi connectivity index (χ4n) is 2.51. The molecule has 1 heterocycles. The number of halogens is 1. The maximum Gasteiger partial charge on any atom is 0.128 e. The minimum atomic E-state index is -0.709. The molecular weight excluding hydrogens is 261 g/mol. The maximum atomic E-state index is 13.6. The molecule has 2 rings (SSSR count). The molecule has 0 saturated carbocycles. The van der Waals surface area contributed by atoms with Crippen LogP contribution in [0.1, 0.15) is 31.9 Å². The number of rotatable bonds is 4. The van der Waals surface area contributed by atoms with Gasteiger partial charge in [-0.15, -0.1) is 0 Å². The Hall–Kier alpha value is -0.580. The molecule has 2 nitrogen and oxygen atoms in total. The fraction of sp³-hybridized carbons (Fsp3) is 0.600. The summed E-state index contributed by atoms with van der Waals surface area (Å²) >= 11 is 1.99. The van der Waals surface area contributed by atoms with Gasteiger partial charge in [0.25, 0.3) is 0 Å². The average Bonchev–Trinajstić information content (AvgIpc) is 2.35. The van der Waals surface area contributed by atoms with Crippen molar-refractivity contribution >= 4 is 11.8 Å².